The maximum atomic E-state index is 12.9. The number of aryl methyl sites for hydroxylation is 3. The van der Waals surface area contributed by atoms with Gasteiger partial charge in [0.2, 0.25) is 0 Å². The van der Waals surface area contributed by atoms with Gasteiger partial charge in [0.25, 0.3) is 5.91 Å². The normalized spacial score (nSPS) is 15.3. The van der Waals surface area contributed by atoms with Gasteiger partial charge in [-0.3, -0.25) is 4.79 Å². The van der Waals surface area contributed by atoms with Crippen molar-refractivity contribution in [2.24, 2.45) is 0 Å². The van der Waals surface area contributed by atoms with Crippen LogP contribution in [0.5, 0.6) is 0 Å². The van der Waals surface area contributed by atoms with Crippen LogP contribution in [0.4, 0.5) is 0 Å². The molecule has 1 saturated carbocycles. The molecule has 2 aromatic heterocycles. The van der Waals surface area contributed by atoms with Crippen molar-refractivity contribution in [3.8, 4) is 0 Å². The summed E-state index contributed by atoms with van der Waals surface area (Å²) in [7, 11) is 0. The summed E-state index contributed by atoms with van der Waals surface area (Å²) in [4.78, 5) is 17.1. The number of carbonyl (C=O) groups excluding carboxylic acids is 1. The Hall–Kier alpha value is -2.56. The van der Waals surface area contributed by atoms with Crippen LogP contribution < -0.4 is 5.32 Å². The third-order valence-corrected chi connectivity index (χ3v) is 5.69. The van der Waals surface area contributed by atoms with Gasteiger partial charge in [0.15, 0.2) is 0 Å². The molecular weight excluding hydrogens is 336 g/mol. The molecule has 2 heterocycles. The lowest BCUT2D eigenvalue weighted by molar-refractivity contribution is 0.0929. The first-order valence-electron chi connectivity index (χ1n) is 10.1. The smallest absolute Gasteiger partial charge is 0.253 e. The number of hydrogen-bond acceptors (Lipinski definition) is 2. The lowest BCUT2D eigenvalue weighted by Crippen LogP contribution is -2.36. The molecule has 1 N–H and O–H groups in total. The first-order chi connectivity index (χ1) is 13.2. The molecule has 27 heavy (non-hydrogen) atoms. The van der Waals surface area contributed by atoms with Crippen LogP contribution >= 0.6 is 0 Å². The lowest BCUT2D eigenvalue weighted by atomic mass is 9.95. The molecule has 5 nitrogen and oxygen atoms in total. The van der Waals surface area contributed by atoms with Crippen LogP contribution in [0.1, 0.15) is 54.6 Å². The molecule has 0 unspecified atom stereocenters. The maximum absolute atomic E-state index is 12.9. The molecule has 0 saturated heterocycles. The van der Waals surface area contributed by atoms with Crippen LogP contribution in [-0.2, 0) is 13.1 Å². The van der Waals surface area contributed by atoms with Gasteiger partial charge in [0.1, 0.15) is 0 Å². The quantitative estimate of drug-likeness (QED) is 0.709. The van der Waals surface area contributed by atoms with E-state index in [0.29, 0.717) is 6.04 Å². The second-order valence-corrected chi connectivity index (χ2v) is 7.64. The number of fused-ring (bicyclic) bond motifs is 1. The van der Waals surface area contributed by atoms with Crippen LogP contribution in [0.15, 0.2) is 43.0 Å². The van der Waals surface area contributed by atoms with Gasteiger partial charge in [-0.15, -0.1) is 0 Å². The molecule has 5 heteroatoms. The van der Waals surface area contributed by atoms with E-state index in [4.69, 9.17) is 0 Å². The Bertz CT molecular complexity index is 917. The fourth-order valence-electron chi connectivity index (χ4n) is 4.16. The highest BCUT2D eigenvalue weighted by Gasteiger charge is 2.20. The number of rotatable bonds is 6. The summed E-state index contributed by atoms with van der Waals surface area (Å²) in [5.41, 5.74) is 3.11. The van der Waals surface area contributed by atoms with Crippen LogP contribution in [-0.4, -0.2) is 26.1 Å². The van der Waals surface area contributed by atoms with E-state index in [1.807, 2.05) is 30.9 Å². The molecular formula is C22H28N4O. The van der Waals surface area contributed by atoms with E-state index in [1.54, 1.807) is 0 Å². The molecule has 3 aromatic rings. The molecule has 0 atom stereocenters. The highest BCUT2D eigenvalue weighted by molar-refractivity contribution is 6.07. The number of benzene rings is 1. The zero-order chi connectivity index (χ0) is 18.6. The van der Waals surface area contributed by atoms with E-state index in [1.165, 1.54) is 25.0 Å². The van der Waals surface area contributed by atoms with Crippen LogP contribution in [0.2, 0.25) is 0 Å². The van der Waals surface area contributed by atoms with E-state index in [0.717, 1.165) is 48.8 Å². The van der Waals surface area contributed by atoms with Crippen molar-refractivity contribution in [2.75, 3.05) is 0 Å². The number of nitrogens with one attached hydrogen (secondary N) is 1. The van der Waals surface area contributed by atoms with E-state index in [-0.39, 0.29) is 5.91 Å². The van der Waals surface area contributed by atoms with Gasteiger partial charge in [0.05, 0.1) is 11.9 Å². The molecule has 1 aromatic carbocycles. The second kappa shape index (κ2) is 7.99. The van der Waals surface area contributed by atoms with Crippen molar-refractivity contribution in [1.29, 1.82) is 0 Å². The number of para-hydroxylation sites is 1. The SMILES string of the molecule is Cc1cncn1CCCn1cc(C(=O)NC2CCCCC2)c2ccccc21. The van der Waals surface area contributed by atoms with Gasteiger partial charge in [-0.25, -0.2) is 4.98 Å². The number of hydrogen-bond donors (Lipinski definition) is 1. The van der Waals surface area contributed by atoms with Gasteiger partial charge in [-0.2, -0.15) is 0 Å². The van der Waals surface area contributed by atoms with Gasteiger partial charge in [-0.05, 0) is 32.3 Å². The Morgan fingerprint density at radius 3 is 2.70 bits per heavy atom. The van der Waals surface area contributed by atoms with Crippen LogP contribution in [0, 0.1) is 6.92 Å². The Morgan fingerprint density at radius 1 is 1.15 bits per heavy atom. The molecule has 4 rings (SSSR count). The van der Waals surface area contributed by atoms with Gasteiger partial charge in [0, 0.05) is 48.1 Å². The van der Waals surface area contributed by atoms with Gasteiger partial charge < -0.3 is 14.5 Å². The summed E-state index contributed by atoms with van der Waals surface area (Å²) in [5, 5.41) is 4.31. The van der Waals surface area contributed by atoms with Crippen LogP contribution in [0.25, 0.3) is 10.9 Å². The molecule has 0 spiro atoms. The van der Waals surface area contributed by atoms with Crippen molar-refractivity contribution in [2.45, 2.75) is 64.6 Å². The predicted molar refractivity (Wildman–Crippen MR) is 108 cm³/mol. The van der Waals surface area contributed by atoms with Crippen molar-refractivity contribution in [3.63, 3.8) is 0 Å². The number of amides is 1. The Kier molecular flexibility index (Phi) is 5.28. The molecule has 1 aliphatic rings. The minimum absolute atomic E-state index is 0.0716. The van der Waals surface area contributed by atoms with Gasteiger partial charge >= 0.3 is 0 Å². The summed E-state index contributed by atoms with van der Waals surface area (Å²) < 4.78 is 4.39. The molecule has 1 aliphatic carbocycles. The third kappa shape index (κ3) is 3.92. The van der Waals surface area contributed by atoms with E-state index in [2.05, 4.69) is 38.5 Å². The third-order valence-electron chi connectivity index (χ3n) is 5.69. The second-order valence-electron chi connectivity index (χ2n) is 7.64. The standard InChI is InChI=1S/C22H28N4O/c1-17-14-23-16-26(17)13-7-12-25-15-20(19-10-5-6-11-21(19)25)22(27)24-18-8-3-2-4-9-18/h5-6,10-11,14-16,18H,2-4,7-9,12-13H2,1H3,(H,24,27). The zero-order valence-electron chi connectivity index (χ0n) is 16.0. The topological polar surface area (TPSA) is 51.9 Å². The summed E-state index contributed by atoms with van der Waals surface area (Å²) >= 11 is 0. The molecule has 142 valence electrons. The highest BCUT2D eigenvalue weighted by Crippen LogP contribution is 2.23. The van der Waals surface area contributed by atoms with Crippen molar-refractivity contribution in [1.82, 2.24) is 19.4 Å². The summed E-state index contributed by atoms with van der Waals surface area (Å²) in [6, 6.07) is 8.55. The van der Waals surface area contributed by atoms with E-state index < -0.39 is 0 Å². The van der Waals surface area contributed by atoms with Crippen molar-refractivity contribution in [3.05, 3.63) is 54.2 Å². The highest BCUT2D eigenvalue weighted by atomic mass is 16.1. The number of carbonyl (C=O) groups is 1. The Morgan fingerprint density at radius 2 is 1.93 bits per heavy atom. The average Bonchev–Trinajstić information content (AvgIpc) is 3.27. The number of imidazole rings is 1. The van der Waals surface area contributed by atoms with Gasteiger partial charge in [-0.1, -0.05) is 37.5 Å². The zero-order valence-corrected chi connectivity index (χ0v) is 16.0. The summed E-state index contributed by atoms with van der Waals surface area (Å²) in [6.07, 6.45) is 12.8. The Labute approximate surface area is 160 Å². The first kappa shape index (κ1) is 17.8. The monoisotopic (exact) mass is 364 g/mol. The summed E-state index contributed by atoms with van der Waals surface area (Å²) in [5.74, 6) is 0.0716. The molecule has 0 bridgehead atoms. The minimum atomic E-state index is 0.0716. The van der Waals surface area contributed by atoms with E-state index in [9.17, 15) is 4.79 Å². The van der Waals surface area contributed by atoms with E-state index >= 15 is 0 Å². The van der Waals surface area contributed by atoms with Crippen LogP contribution in [0.3, 0.4) is 0 Å². The number of aromatic nitrogens is 3. The first-order valence-corrected chi connectivity index (χ1v) is 10.1. The molecule has 0 radical (unpaired) electrons. The average molecular weight is 364 g/mol. The molecule has 1 amide bonds. The van der Waals surface area contributed by atoms with Crippen molar-refractivity contribution >= 4 is 16.8 Å². The maximum Gasteiger partial charge on any atom is 0.253 e. The number of nitrogens with zero attached hydrogens (tertiary/aromatic N) is 3. The minimum Gasteiger partial charge on any atom is -0.349 e. The van der Waals surface area contributed by atoms with Crippen molar-refractivity contribution < 1.29 is 4.79 Å². The predicted octanol–water partition coefficient (Wildman–Crippen LogP) is 4.30. The molecule has 0 aliphatic heterocycles. The fourth-order valence-corrected chi connectivity index (χ4v) is 4.16. The molecule has 1 fully saturated rings. The lowest BCUT2D eigenvalue weighted by Gasteiger charge is -2.22. The fraction of sp³-hybridized carbons (Fsp3) is 0.455. The summed E-state index contributed by atoms with van der Waals surface area (Å²) in [6.45, 7) is 3.89. The largest absolute Gasteiger partial charge is 0.349 e. The Balaban J connectivity index is 1.49.